The van der Waals surface area contributed by atoms with Crippen molar-refractivity contribution >= 4 is 0 Å². The zero-order valence-corrected chi connectivity index (χ0v) is 10.3. The van der Waals surface area contributed by atoms with Crippen molar-refractivity contribution in [2.24, 2.45) is 23.7 Å². The summed E-state index contributed by atoms with van der Waals surface area (Å²) in [5.74, 6) is 2.88. The highest BCUT2D eigenvalue weighted by Gasteiger charge is 2.42. The highest BCUT2D eigenvalue weighted by molar-refractivity contribution is 4.92. The van der Waals surface area contributed by atoms with Gasteiger partial charge in [-0.3, -0.25) is 0 Å². The molecule has 2 rings (SSSR count). The van der Waals surface area contributed by atoms with Crippen molar-refractivity contribution in [3.8, 4) is 0 Å². The maximum absolute atomic E-state index is 10.5. The largest absolute Gasteiger partial charge is 0.393 e. The Hall–Kier alpha value is -0.0400. The average molecular weight is 210 g/mol. The molecule has 5 unspecified atom stereocenters. The van der Waals surface area contributed by atoms with E-state index in [1.807, 2.05) is 0 Å². The van der Waals surface area contributed by atoms with E-state index in [1.54, 1.807) is 0 Å². The van der Waals surface area contributed by atoms with Gasteiger partial charge in [0, 0.05) is 0 Å². The number of fused-ring (bicyclic) bond motifs is 1. The first kappa shape index (κ1) is 11.4. The molecule has 1 heteroatoms. The Morgan fingerprint density at radius 1 is 1.07 bits per heavy atom. The average Bonchev–Trinajstić information content (AvgIpc) is 2.29. The van der Waals surface area contributed by atoms with Gasteiger partial charge in [0.2, 0.25) is 0 Å². The number of aliphatic hydroxyl groups excluding tert-OH is 1. The smallest absolute Gasteiger partial charge is 0.0601 e. The molecule has 1 nitrogen and oxygen atoms in total. The molecule has 0 saturated heterocycles. The van der Waals surface area contributed by atoms with Crippen LogP contribution in [0.25, 0.3) is 0 Å². The summed E-state index contributed by atoms with van der Waals surface area (Å²) in [5, 5.41) is 10.5. The molecule has 0 spiro atoms. The molecule has 15 heavy (non-hydrogen) atoms. The number of hydrogen-bond donors (Lipinski definition) is 1. The van der Waals surface area contributed by atoms with Gasteiger partial charge in [-0.15, -0.1) is 0 Å². The lowest BCUT2D eigenvalue weighted by Crippen LogP contribution is -2.44. The van der Waals surface area contributed by atoms with Crippen LogP contribution < -0.4 is 0 Å². The fourth-order valence-electron chi connectivity index (χ4n) is 4.18. The Bertz CT molecular complexity index is 196. The van der Waals surface area contributed by atoms with E-state index in [1.165, 1.54) is 44.9 Å². The summed E-state index contributed by atoms with van der Waals surface area (Å²) >= 11 is 0. The summed E-state index contributed by atoms with van der Waals surface area (Å²) in [6, 6.07) is 0. The van der Waals surface area contributed by atoms with E-state index in [-0.39, 0.29) is 6.10 Å². The zero-order chi connectivity index (χ0) is 10.8. The lowest BCUT2D eigenvalue weighted by molar-refractivity contribution is -0.0639. The van der Waals surface area contributed by atoms with Gasteiger partial charge in [0.1, 0.15) is 0 Å². The fourth-order valence-corrected chi connectivity index (χ4v) is 4.18. The maximum atomic E-state index is 10.5. The predicted molar refractivity (Wildman–Crippen MR) is 63.6 cm³/mol. The molecule has 0 radical (unpaired) electrons. The molecule has 88 valence electrons. The molecule has 0 amide bonds. The minimum atomic E-state index is 0.0130. The molecule has 1 N–H and O–H groups in total. The molecule has 2 aliphatic carbocycles. The molecule has 2 aliphatic rings. The van der Waals surface area contributed by atoms with Crippen LogP contribution >= 0.6 is 0 Å². The molecular weight excluding hydrogens is 184 g/mol. The highest BCUT2D eigenvalue weighted by atomic mass is 16.3. The minimum absolute atomic E-state index is 0.0130. The van der Waals surface area contributed by atoms with Gasteiger partial charge in [-0.2, -0.15) is 0 Å². The van der Waals surface area contributed by atoms with Crippen molar-refractivity contribution in [3.05, 3.63) is 0 Å². The van der Waals surface area contributed by atoms with E-state index in [4.69, 9.17) is 0 Å². The molecular formula is C14H26O. The van der Waals surface area contributed by atoms with E-state index in [0.29, 0.717) is 11.8 Å². The van der Waals surface area contributed by atoms with Crippen LogP contribution in [0.3, 0.4) is 0 Å². The monoisotopic (exact) mass is 210 g/mol. The van der Waals surface area contributed by atoms with Crippen molar-refractivity contribution in [2.45, 2.75) is 64.9 Å². The van der Waals surface area contributed by atoms with Crippen LogP contribution in [0.4, 0.5) is 0 Å². The van der Waals surface area contributed by atoms with Crippen LogP contribution in [0, 0.1) is 23.7 Å². The topological polar surface area (TPSA) is 20.2 Å². The molecule has 0 aromatic heterocycles. The van der Waals surface area contributed by atoms with E-state index in [0.717, 1.165) is 11.8 Å². The van der Waals surface area contributed by atoms with Gasteiger partial charge in [0.05, 0.1) is 6.10 Å². The predicted octanol–water partition coefficient (Wildman–Crippen LogP) is 3.61. The number of aliphatic hydroxyl groups is 1. The molecule has 2 fully saturated rings. The van der Waals surface area contributed by atoms with Crippen LogP contribution in [0.2, 0.25) is 0 Å². The Morgan fingerprint density at radius 2 is 1.80 bits per heavy atom. The van der Waals surface area contributed by atoms with Crippen molar-refractivity contribution in [1.82, 2.24) is 0 Å². The van der Waals surface area contributed by atoms with Crippen molar-refractivity contribution in [2.75, 3.05) is 0 Å². The van der Waals surface area contributed by atoms with Gasteiger partial charge < -0.3 is 5.11 Å². The second-order valence-corrected chi connectivity index (χ2v) is 5.68. The van der Waals surface area contributed by atoms with E-state index in [9.17, 15) is 5.11 Å². The molecule has 5 atom stereocenters. The van der Waals surface area contributed by atoms with Crippen LogP contribution in [-0.4, -0.2) is 11.2 Å². The summed E-state index contributed by atoms with van der Waals surface area (Å²) in [5.41, 5.74) is 0. The van der Waals surface area contributed by atoms with E-state index < -0.39 is 0 Å². The summed E-state index contributed by atoms with van der Waals surface area (Å²) in [7, 11) is 0. The maximum Gasteiger partial charge on any atom is 0.0601 e. The summed E-state index contributed by atoms with van der Waals surface area (Å²) in [6.07, 6.45) is 9.28. The van der Waals surface area contributed by atoms with E-state index in [2.05, 4.69) is 13.8 Å². The number of rotatable bonds is 2. The lowest BCUT2D eigenvalue weighted by Gasteiger charge is -2.47. The van der Waals surface area contributed by atoms with Gasteiger partial charge in [-0.05, 0) is 36.5 Å². The molecule has 0 aromatic rings. The summed E-state index contributed by atoms with van der Waals surface area (Å²) < 4.78 is 0. The first-order valence-electron chi connectivity index (χ1n) is 6.96. The van der Waals surface area contributed by atoms with Gasteiger partial charge in [-0.25, -0.2) is 0 Å². The SMILES string of the molecule is CCC1CC2CCCCC2C(O)C1CC. The van der Waals surface area contributed by atoms with Crippen molar-refractivity contribution in [1.29, 1.82) is 0 Å². The molecule has 0 heterocycles. The molecule has 0 aromatic carbocycles. The Labute approximate surface area is 94.3 Å². The molecule has 0 bridgehead atoms. The van der Waals surface area contributed by atoms with Crippen molar-refractivity contribution in [3.63, 3.8) is 0 Å². The first-order chi connectivity index (χ1) is 7.27. The van der Waals surface area contributed by atoms with Gasteiger partial charge in [0.25, 0.3) is 0 Å². The number of hydrogen-bond acceptors (Lipinski definition) is 1. The van der Waals surface area contributed by atoms with Crippen molar-refractivity contribution < 1.29 is 5.11 Å². The lowest BCUT2D eigenvalue weighted by atomic mass is 9.60. The minimum Gasteiger partial charge on any atom is -0.393 e. The normalized spacial score (nSPS) is 46.2. The second kappa shape index (κ2) is 4.86. The Kier molecular flexibility index (Phi) is 3.71. The third-order valence-corrected chi connectivity index (χ3v) is 5.05. The summed E-state index contributed by atoms with van der Waals surface area (Å²) in [4.78, 5) is 0. The van der Waals surface area contributed by atoms with Crippen LogP contribution in [0.15, 0.2) is 0 Å². The van der Waals surface area contributed by atoms with Gasteiger partial charge >= 0.3 is 0 Å². The van der Waals surface area contributed by atoms with E-state index >= 15 is 0 Å². The second-order valence-electron chi connectivity index (χ2n) is 5.68. The fraction of sp³-hybridized carbons (Fsp3) is 1.00. The summed E-state index contributed by atoms with van der Waals surface area (Å²) in [6.45, 7) is 4.54. The van der Waals surface area contributed by atoms with Crippen LogP contribution in [0.5, 0.6) is 0 Å². The molecule has 0 aliphatic heterocycles. The van der Waals surface area contributed by atoms with Gasteiger partial charge in [-0.1, -0.05) is 46.0 Å². The highest BCUT2D eigenvalue weighted by Crippen LogP contribution is 2.47. The third-order valence-electron chi connectivity index (χ3n) is 5.05. The first-order valence-corrected chi connectivity index (χ1v) is 6.96. The van der Waals surface area contributed by atoms with Gasteiger partial charge in [0.15, 0.2) is 0 Å². The quantitative estimate of drug-likeness (QED) is 0.738. The van der Waals surface area contributed by atoms with Crippen LogP contribution in [-0.2, 0) is 0 Å². The zero-order valence-electron chi connectivity index (χ0n) is 10.3. The third kappa shape index (κ3) is 2.08. The standard InChI is InChI=1S/C14H26O/c1-3-10-9-11-7-5-6-8-13(11)14(15)12(10)4-2/h10-15H,3-9H2,1-2H3. The Balaban J connectivity index is 2.09. The molecule has 2 saturated carbocycles. The Morgan fingerprint density at radius 3 is 2.47 bits per heavy atom. The van der Waals surface area contributed by atoms with Crippen LogP contribution in [0.1, 0.15) is 58.8 Å².